The molecule has 7 heteroatoms. The lowest BCUT2D eigenvalue weighted by Crippen LogP contribution is -2.41. The van der Waals surface area contributed by atoms with Gasteiger partial charge < -0.3 is 13.9 Å². The largest absolute Gasteiger partial charge is 0.493 e. The van der Waals surface area contributed by atoms with Gasteiger partial charge in [-0.25, -0.2) is 4.21 Å². The van der Waals surface area contributed by atoms with Crippen LogP contribution in [0.5, 0.6) is 11.5 Å². The van der Waals surface area contributed by atoms with Crippen LogP contribution in [0, 0.1) is 0 Å². The second kappa shape index (κ2) is 10.4. The quantitative estimate of drug-likeness (QED) is 0.342. The average molecular weight is 456 g/mol. The van der Waals surface area contributed by atoms with Crippen molar-refractivity contribution in [1.82, 2.24) is 0 Å². The average Bonchev–Trinajstić information content (AvgIpc) is 2.58. The summed E-state index contributed by atoms with van der Waals surface area (Å²) >= 11 is 0. The van der Waals surface area contributed by atoms with Crippen LogP contribution in [0.15, 0.2) is 16.5 Å². The maximum absolute atomic E-state index is 12.4. The molecule has 5 nitrogen and oxygen atoms in total. The van der Waals surface area contributed by atoms with Crippen LogP contribution in [0.4, 0.5) is 0 Å². The zero-order valence-corrected chi connectivity index (χ0v) is 22.5. The summed E-state index contributed by atoms with van der Waals surface area (Å²) in [5, 5.41) is 0.160. The lowest BCUT2D eigenvalue weighted by Gasteiger charge is -2.36. The smallest absolute Gasteiger partial charge is 0.191 e. The summed E-state index contributed by atoms with van der Waals surface area (Å²) in [5.74, 6) is 1.34. The summed E-state index contributed by atoms with van der Waals surface area (Å²) in [5.41, 5.74) is 1.92. The second-order valence-corrected chi connectivity index (χ2v) is 17.1. The predicted octanol–water partition coefficient (Wildman–Crippen LogP) is 5.93. The van der Waals surface area contributed by atoms with Crippen molar-refractivity contribution in [1.29, 1.82) is 0 Å². The first-order valence-corrected chi connectivity index (χ1v) is 14.6. The summed E-state index contributed by atoms with van der Waals surface area (Å²) in [6.45, 7) is 21.5. The molecule has 1 aromatic carbocycles. The minimum absolute atomic E-state index is 0.0140. The molecule has 0 N–H and O–H groups in total. The highest BCUT2D eigenvalue weighted by Crippen LogP contribution is 2.37. The zero-order valence-electron chi connectivity index (χ0n) is 20.7. The first kappa shape index (κ1) is 26.9. The highest BCUT2D eigenvalue weighted by atomic mass is 32.2. The van der Waals surface area contributed by atoms with Gasteiger partial charge in [0.25, 0.3) is 0 Å². The van der Waals surface area contributed by atoms with E-state index in [4.69, 9.17) is 13.9 Å². The molecular formula is C23H41NO4SSi. The highest BCUT2D eigenvalue weighted by molar-refractivity contribution is 7.85. The molecule has 0 heterocycles. The van der Waals surface area contributed by atoms with Gasteiger partial charge in [-0.2, -0.15) is 4.40 Å². The molecule has 0 spiro atoms. The summed E-state index contributed by atoms with van der Waals surface area (Å²) in [7, 11) is -1.52. The van der Waals surface area contributed by atoms with Crippen LogP contribution in [0.1, 0.15) is 66.5 Å². The maximum atomic E-state index is 12.4. The van der Waals surface area contributed by atoms with E-state index < -0.39 is 24.1 Å². The van der Waals surface area contributed by atoms with Crippen molar-refractivity contribution in [2.45, 2.75) is 90.8 Å². The predicted molar refractivity (Wildman–Crippen MR) is 131 cm³/mol. The minimum atomic E-state index is -1.83. The third-order valence-electron chi connectivity index (χ3n) is 5.24. The number of ether oxygens (including phenoxy) is 2. The lowest BCUT2D eigenvalue weighted by atomic mass is 10.0. The molecule has 0 aliphatic carbocycles. The summed E-state index contributed by atoms with van der Waals surface area (Å²) in [6, 6.07) is 3.90. The van der Waals surface area contributed by atoms with E-state index in [-0.39, 0.29) is 11.1 Å². The van der Waals surface area contributed by atoms with Crippen LogP contribution >= 0.6 is 0 Å². The Morgan fingerprint density at radius 3 is 2.17 bits per heavy atom. The lowest BCUT2D eigenvalue weighted by molar-refractivity contribution is 0.230. The fourth-order valence-electron chi connectivity index (χ4n) is 2.36. The molecular weight excluding hydrogens is 414 g/mol. The van der Waals surface area contributed by atoms with Gasteiger partial charge in [0, 0.05) is 18.4 Å². The Morgan fingerprint density at radius 1 is 1.10 bits per heavy atom. The van der Waals surface area contributed by atoms with Gasteiger partial charge in [0.15, 0.2) is 19.8 Å². The maximum Gasteiger partial charge on any atom is 0.191 e. The molecule has 0 amide bonds. The van der Waals surface area contributed by atoms with Gasteiger partial charge in [-0.1, -0.05) is 20.8 Å². The summed E-state index contributed by atoms with van der Waals surface area (Å²) < 4.78 is 34.2. The van der Waals surface area contributed by atoms with Crippen molar-refractivity contribution < 1.29 is 18.1 Å². The third-order valence-corrected chi connectivity index (χ3v) is 11.1. The van der Waals surface area contributed by atoms with Crippen molar-refractivity contribution in [2.75, 3.05) is 13.7 Å². The molecule has 0 saturated heterocycles. The van der Waals surface area contributed by atoms with Crippen LogP contribution in [0.25, 0.3) is 0 Å². The zero-order chi connectivity index (χ0) is 23.3. The molecule has 0 aliphatic heterocycles. The van der Waals surface area contributed by atoms with E-state index >= 15 is 0 Å². The molecule has 0 fully saturated rings. The number of methoxy groups -OCH3 is 1. The number of benzene rings is 1. The van der Waals surface area contributed by atoms with E-state index in [2.05, 4.69) is 38.3 Å². The van der Waals surface area contributed by atoms with Gasteiger partial charge in [-0.15, -0.1) is 0 Å². The van der Waals surface area contributed by atoms with Crippen LogP contribution in [-0.4, -0.2) is 43.3 Å². The normalized spacial score (nSPS) is 14.4. The van der Waals surface area contributed by atoms with Gasteiger partial charge in [0.2, 0.25) is 0 Å². The van der Waals surface area contributed by atoms with E-state index in [0.29, 0.717) is 24.5 Å². The topological polar surface area (TPSA) is 57.1 Å². The first-order chi connectivity index (χ1) is 13.6. The van der Waals surface area contributed by atoms with Gasteiger partial charge in [0.1, 0.15) is 11.0 Å². The van der Waals surface area contributed by atoms with E-state index in [1.54, 1.807) is 13.3 Å². The number of nitrogens with zero attached hydrogens (tertiary/aromatic N) is 1. The molecule has 0 unspecified atom stereocenters. The van der Waals surface area contributed by atoms with E-state index in [1.807, 2.05) is 46.8 Å². The van der Waals surface area contributed by atoms with Gasteiger partial charge in [0.05, 0.1) is 18.0 Å². The third kappa shape index (κ3) is 7.82. The Labute approximate surface area is 187 Å². The van der Waals surface area contributed by atoms with Gasteiger partial charge in [-0.05, 0) is 76.9 Å². The fraction of sp³-hybridized carbons (Fsp3) is 0.696. The van der Waals surface area contributed by atoms with E-state index in [0.717, 1.165) is 11.1 Å². The molecule has 1 rings (SSSR count). The molecule has 30 heavy (non-hydrogen) atoms. The summed E-state index contributed by atoms with van der Waals surface area (Å²) in [4.78, 5) is 0. The summed E-state index contributed by atoms with van der Waals surface area (Å²) in [6.07, 6.45) is 2.42. The molecule has 1 aromatic rings. The van der Waals surface area contributed by atoms with Crippen LogP contribution in [0.2, 0.25) is 18.1 Å². The van der Waals surface area contributed by atoms with Crippen molar-refractivity contribution >= 4 is 25.5 Å². The fourth-order valence-corrected chi connectivity index (χ4v) is 3.93. The Balaban J connectivity index is 3.24. The first-order valence-electron chi connectivity index (χ1n) is 10.6. The Morgan fingerprint density at radius 2 is 1.70 bits per heavy atom. The van der Waals surface area contributed by atoms with Crippen LogP contribution in [0.3, 0.4) is 0 Å². The van der Waals surface area contributed by atoms with Crippen molar-refractivity contribution in [3.8, 4) is 11.5 Å². The minimum Gasteiger partial charge on any atom is -0.493 e. The second-order valence-electron chi connectivity index (χ2n) is 10.3. The van der Waals surface area contributed by atoms with Crippen LogP contribution < -0.4 is 9.47 Å². The van der Waals surface area contributed by atoms with Crippen molar-refractivity contribution in [2.24, 2.45) is 4.40 Å². The molecule has 0 bridgehead atoms. The number of hydrogen-bond donors (Lipinski definition) is 0. The van der Waals surface area contributed by atoms with E-state index in [1.165, 1.54) is 0 Å². The number of rotatable bonds is 9. The van der Waals surface area contributed by atoms with Crippen molar-refractivity contribution in [3.63, 3.8) is 0 Å². The SMILES string of the molecule is COc1cc(CCO[Si](C)(C)C(C)(C)C)c(/C=N/[S@@](=O)C(C)(C)C)cc1OC(C)C. The van der Waals surface area contributed by atoms with Gasteiger partial charge in [-0.3, -0.25) is 0 Å². The Bertz CT molecular complexity index is 762. The van der Waals surface area contributed by atoms with Gasteiger partial charge >= 0.3 is 0 Å². The molecule has 172 valence electrons. The molecule has 0 radical (unpaired) electrons. The molecule has 1 atom stereocenters. The highest BCUT2D eigenvalue weighted by Gasteiger charge is 2.36. The Kier molecular flexibility index (Phi) is 9.33. The standard InChI is InChI=1S/C23H41NO4SSi/c1-17(2)28-21-15-19(16-24-29(25)22(3,4)5)18(14-20(21)26-9)12-13-27-30(10,11)23(6,7)8/h14-17H,12-13H2,1-11H3/b24-16+/t29-/m0/s1. The van der Waals surface area contributed by atoms with Crippen LogP contribution in [-0.2, 0) is 21.8 Å². The molecule has 0 aliphatic rings. The van der Waals surface area contributed by atoms with Crippen molar-refractivity contribution in [3.05, 3.63) is 23.3 Å². The molecule has 0 saturated carbocycles. The molecule has 0 aromatic heterocycles. The Hall–Kier alpha value is -1.18. The number of hydrogen-bond acceptors (Lipinski definition) is 4. The monoisotopic (exact) mass is 455 g/mol. The van der Waals surface area contributed by atoms with E-state index in [9.17, 15) is 4.21 Å².